The Balaban J connectivity index is 2.33. The van der Waals surface area contributed by atoms with E-state index in [4.69, 9.17) is 16.9 Å². The molecule has 0 radical (unpaired) electrons. The van der Waals surface area contributed by atoms with Gasteiger partial charge in [-0.3, -0.25) is 0 Å². The maximum atomic E-state index is 8.30. The maximum absolute atomic E-state index is 8.30. The fourth-order valence-electron chi connectivity index (χ4n) is 1.02. The molecule has 0 atom stereocenters. The summed E-state index contributed by atoms with van der Waals surface area (Å²) in [4.78, 5) is 0. The monoisotopic (exact) mass is 194 g/mol. The molecule has 0 saturated heterocycles. The van der Waals surface area contributed by atoms with Gasteiger partial charge in [0.2, 0.25) is 0 Å². The maximum Gasteiger partial charge on any atom is 0.0635 e. The molecular formula is C10H11ClN2. The van der Waals surface area contributed by atoms with E-state index in [1.54, 1.807) is 0 Å². The summed E-state index contributed by atoms with van der Waals surface area (Å²) < 4.78 is 0. The van der Waals surface area contributed by atoms with Gasteiger partial charge in [-0.25, -0.2) is 0 Å². The molecule has 1 N–H and O–H groups in total. The second kappa shape index (κ2) is 5.58. The molecule has 0 aliphatic carbocycles. The van der Waals surface area contributed by atoms with Crippen LogP contribution in [-0.4, -0.2) is 6.54 Å². The Kier molecular flexibility index (Phi) is 4.31. The quantitative estimate of drug-likeness (QED) is 0.747. The second-order valence-corrected chi connectivity index (χ2v) is 3.15. The van der Waals surface area contributed by atoms with Crippen LogP contribution in [0.2, 0.25) is 5.02 Å². The van der Waals surface area contributed by atoms with Crippen LogP contribution in [-0.2, 0) is 6.54 Å². The standard InChI is InChI=1S/C10H11ClN2/c11-10-4-1-3-9(7-10)8-13-6-2-5-12/h1,3-4,7,13H,2,6,8H2. The van der Waals surface area contributed by atoms with Gasteiger partial charge in [-0.05, 0) is 17.7 Å². The molecule has 0 unspecified atom stereocenters. The molecule has 0 amide bonds. The van der Waals surface area contributed by atoms with Gasteiger partial charge in [0.05, 0.1) is 6.07 Å². The van der Waals surface area contributed by atoms with Crippen LogP contribution in [0.1, 0.15) is 12.0 Å². The van der Waals surface area contributed by atoms with E-state index in [2.05, 4.69) is 11.4 Å². The van der Waals surface area contributed by atoms with Gasteiger partial charge in [-0.15, -0.1) is 0 Å². The fourth-order valence-corrected chi connectivity index (χ4v) is 1.24. The first-order valence-corrected chi connectivity index (χ1v) is 4.53. The Morgan fingerprint density at radius 1 is 1.46 bits per heavy atom. The van der Waals surface area contributed by atoms with Crippen LogP contribution in [0.4, 0.5) is 0 Å². The summed E-state index contributed by atoms with van der Waals surface area (Å²) in [6, 6.07) is 9.77. The van der Waals surface area contributed by atoms with E-state index in [0.717, 1.165) is 23.7 Å². The first-order valence-electron chi connectivity index (χ1n) is 4.15. The first kappa shape index (κ1) is 10.0. The van der Waals surface area contributed by atoms with Crippen LogP contribution in [0.3, 0.4) is 0 Å². The van der Waals surface area contributed by atoms with Crippen molar-refractivity contribution in [2.75, 3.05) is 6.54 Å². The number of nitriles is 1. The zero-order valence-electron chi connectivity index (χ0n) is 7.26. The number of nitrogens with zero attached hydrogens (tertiary/aromatic N) is 1. The average molecular weight is 195 g/mol. The molecule has 68 valence electrons. The van der Waals surface area contributed by atoms with E-state index in [-0.39, 0.29) is 0 Å². The van der Waals surface area contributed by atoms with Crippen LogP contribution in [0.15, 0.2) is 24.3 Å². The summed E-state index contributed by atoms with van der Waals surface area (Å²) in [6.07, 6.45) is 0.542. The molecule has 1 aromatic carbocycles. The minimum absolute atomic E-state index is 0.542. The Hall–Kier alpha value is -1.04. The van der Waals surface area contributed by atoms with E-state index in [0.29, 0.717) is 6.42 Å². The second-order valence-electron chi connectivity index (χ2n) is 2.71. The highest BCUT2D eigenvalue weighted by atomic mass is 35.5. The topological polar surface area (TPSA) is 35.8 Å². The molecule has 0 saturated carbocycles. The van der Waals surface area contributed by atoms with Gasteiger partial charge >= 0.3 is 0 Å². The Morgan fingerprint density at radius 2 is 2.31 bits per heavy atom. The number of hydrogen-bond donors (Lipinski definition) is 1. The van der Waals surface area contributed by atoms with Crippen LogP contribution < -0.4 is 5.32 Å². The van der Waals surface area contributed by atoms with Crippen molar-refractivity contribution in [3.8, 4) is 6.07 Å². The summed E-state index contributed by atoms with van der Waals surface area (Å²) in [7, 11) is 0. The first-order chi connectivity index (χ1) is 6.33. The van der Waals surface area contributed by atoms with Gasteiger partial charge in [-0.2, -0.15) is 5.26 Å². The number of nitrogens with one attached hydrogen (secondary N) is 1. The van der Waals surface area contributed by atoms with E-state index < -0.39 is 0 Å². The van der Waals surface area contributed by atoms with E-state index in [1.165, 1.54) is 0 Å². The molecule has 0 heterocycles. The molecule has 3 heteroatoms. The van der Waals surface area contributed by atoms with Crippen molar-refractivity contribution in [3.05, 3.63) is 34.9 Å². The van der Waals surface area contributed by atoms with E-state index >= 15 is 0 Å². The van der Waals surface area contributed by atoms with Crippen molar-refractivity contribution >= 4 is 11.6 Å². The Labute approximate surface area is 83.1 Å². The van der Waals surface area contributed by atoms with Gasteiger partial charge in [0.25, 0.3) is 0 Å². The van der Waals surface area contributed by atoms with Crippen LogP contribution in [0.25, 0.3) is 0 Å². The normalized spacial score (nSPS) is 9.54. The molecule has 0 bridgehead atoms. The number of rotatable bonds is 4. The van der Waals surface area contributed by atoms with E-state index in [1.807, 2.05) is 24.3 Å². The molecule has 2 nitrogen and oxygen atoms in total. The highest BCUT2D eigenvalue weighted by Crippen LogP contribution is 2.09. The molecule has 0 aliphatic rings. The SMILES string of the molecule is N#CCCNCc1cccc(Cl)c1. The third-order valence-electron chi connectivity index (χ3n) is 1.63. The minimum Gasteiger partial charge on any atom is -0.312 e. The predicted octanol–water partition coefficient (Wildman–Crippen LogP) is 2.34. The average Bonchev–Trinajstić information content (AvgIpc) is 2.13. The lowest BCUT2D eigenvalue weighted by molar-refractivity contribution is 0.699. The van der Waals surface area contributed by atoms with Crippen molar-refractivity contribution < 1.29 is 0 Å². The highest BCUT2D eigenvalue weighted by Gasteiger charge is 1.92. The largest absolute Gasteiger partial charge is 0.312 e. The van der Waals surface area contributed by atoms with Crippen molar-refractivity contribution in [3.63, 3.8) is 0 Å². The fraction of sp³-hybridized carbons (Fsp3) is 0.300. The lowest BCUT2D eigenvalue weighted by Crippen LogP contribution is -2.13. The van der Waals surface area contributed by atoms with E-state index in [9.17, 15) is 0 Å². The molecule has 0 aromatic heterocycles. The summed E-state index contributed by atoms with van der Waals surface area (Å²) in [5, 5.41) is 12.2. The zero-order chi connectivity index (χ0) is 9.52. The van der Waals surface area contributed by atoms with Gasteiger partial charge in [0.15, 0.2) is 0 Å². The van der Waals surface area contributed by atoms with Crippen molar-refractivity contribution in [1.82, 2.24) is 5.32 Å². The summed E-state index contributed by atoms with van der Waals surface area (Å²) in [5.74, 6) is 0. The predicted molar refractivity (Wildman–Crippen MR) is 53.4 cm³/mol. The molecular weight excluding hydrogens is 184 g/mol. The van der Waals surface area contributed by atoms with Crippen LogP contribution in [0, 0.1) is 11.3 Å². The van der Waals surface area contributed by atoms with Gasteiger partial charge in [0.1, 0.15) is 0 Å². The molecule has 1 aromatic rings. The smallest absolute Gasteiger partial charge is 0.0635 e. The Bertz CT molecular complexity index is 304. The highest BCUT2D eigenvalue weighted by molar-refractivity contribution is 6.30. The van der Waals surface area contributed by atoms with Gasteiger partial charge in [0, 0.05) is 24.5 Å². The minimum atomic E-state index is 0.542. The third-order valence-corrected chi connectivity index (χ3v) is 1.87. The molecule has 0 aliphatic heterocycles. The molecule has 1 rings (SSSR count). The van der Waals surface area contributed by atoms with Crippen molar-refractivity contribution in [1.29, 1.82) is 5.26 Å². The molecule has 0 spiro atoms. The van der Waals surface area contributed by atoms with Crippen molar-refractivity contribution in [2.45, 2.75) is 13.0 Å². The molecule has 13 heavy (non-hydrogen) atoms. The van der Waals surface area contributed by atoms with Gasteiger partial charge < -0.3 is 5.32 Å². The summed E-state index contributed by atoms with van der Waals surface area (Å²) >= 11 is 5.80. The van der Waals surface area contributed by atoms with Crippen molar-refractivity contribution in [2.24, 2.45) is 0 Å². The number of hydrogen-bond acceptors (Lipinski definition) is 2. The zero-order valence-corrected chi connectivity index (χ0v) is 8.01. The third kappa shape index (κ3) is 3.93. The lowest BCUT2D eigenvalue weighted by Gasteiger charge is -2.02. The van der Waals surface area contributed by atoms with Gasteiger partial charge in [-0.1, -0.05) is 23.7 Å². The lowest BCUT2D eigenvalue weighted by atomic mass is 10.2. The molecule has 0 fully saturated rings. The summed E-state index contributed by atoms with van der Waals surface area (Å²) in [6.45, 7) is 1.49. The van der Waals surface area contributed by atoms with Crippen LogP contribution >= 0.6 is 11.6 Å². The Morgan fingerprint density at radius 3 is 3.00 bits per heavy atom. The number of benzene rings is 1. The van der Waals surface area contributed by atoms with Crippen LogP contribution in [0.5, 0.6) is 0 Å². The number of halogens is 1. The summed E-state index contributed by atoms with van der Waals surface area (Å²) in [5.41, 5.74) is 1.14.